The molecule has 6 heteroatoms. The van der Waals surface area contributed by atoms with Crippen molar-refractivity contribution in [3.8, 4) is 0 Å². The van der Waals surface area contributed by atoms with Crippen LogP contribution < -0.4 is 0 Å². The number of esters is 3. The first kappa shape index (κ1) is 61.1. The van der Waals surface area contributed by atoms with Gasteiger partial charge in [-0.1, -0.05) is 201 Å². The van der Waals surface area contributed by atoms with Crippen LogP contribution >= 0.6 is 0 Å². The molecule has 6 nitrogen and oxygen atoms in total. The maximum Gasteiger partial charge on any atom is 0.306 e. The molecule has 0 fully saturated rings. The molecule has 0 aromatic carbocycles. The lowest BCUT2D eigenvalue weighted by Gasteiger charge is -2.18. The van der Waals surface area contributed by atoms with Gasteiger partial charge < -0.3 is 14.2 Å². The molecule has 0 unspecified atom stereocenters. The van der Waals surface area contributed by atoms with Gasteiger partial charge in [0.25, 0.3) is 0 Å². The van der Waals surface area contributed by atoms with Crippen molar-refractivity contribution in [3.05, 3.63) is 109 Å². The molecule has 0 spiro atoms. The van der Waals surface area contributed by atoms with Crippen molar-refractivity contribution in [1.29, 1.82) is 0 Å². The van der Waals surface area contributed by atoms with E-state index in [1.54, 1.807) is 0 Å². The topological polar surface area (TPSA) is 78.9 Å². The lowest BCUT2D eigenvalue weighted by atomic mass is 10.1. The average molecular weight is 901 g/mol. The van der Waals surface area contributed by atoms with E-state index in [1.807, 2.05) is 0 Å². The van der Waals surface area contributed by atoms with Crippen molar-refractivity contribution >= 4 is 17.9 Å². The fourth-order valence-electron chi connectivity index (χ4n) is 6.84. The maximum atomic E-state index is 12.8. The molecule has 0 bridgehead atoms. The van der Waals surface area contributed by atoms with Crippen LogP contribution in [0.15, 0.2) is 109 Å². The second kappa shape index (κ2) is 52.7. The summed E-state index contributed by atoms with van der Waals surface area (Å²) >= 11 is 0. The summed E-state index contributed by atoms with van der Waals surface area (Å²) in [5.41, 5.74) is 0. The molecule has 0 radical (unpaired) electrons. The summed E-state index contributed by atoms with van der Waals surface area (Å²) in [6.45, 7) is 6.32. The van der Waals surface area contributed by atoms with Gasteiger partial charge in [0.05, 0.1) is 0 Å². The molecular formula is C59H96O6. The normalized spacial score (nSPS) is 13.0. The zero-order valence-corrected chi connectivity index (χ0v) is 42.0. The highest BCUT2D eigenvalue weighted by Crippen LogP contribution is 2.13. The van der Waals surface area contributed by atoms with Gasteiger partial charge in [-0.15, -0.1) is 0 Å². The molecule has 0 saturated carbocycles. The highest BCUT2D eigenvalue weighted by Gasteiger charge is 2.19. The van der Waals surface area contributed by atoms with Crippen LogP contribution in [0.5, 0.6) is 0 Å². The van der Waals surface area contributed by atoms with Crippen LogP contribution in [0.4, 0.5) is 0 Å². The summed E-state index contributed by atoms with van der Waals surface area (Å²) in [7, 11) is 0. The summed E-state index contributed by atoms with van der Waals surface area (Å²) < 4.78 is 16.8. The number of carbonyl (C=O) groups is 3. The summed E-state index contributed by atoms with van der Waals surface area (Å²) in [5, 5.41) is 0. The third kappa shape index (κ3) is 50.9. The van der Waals surface area contributed by atoms with Gasteiger partial charge in [-0.05, 0) is 116 Å². The Morgan fingerprint density at radius 3 is 1.02 bits per heavy atom. The lowest BCUT2D eigenvalue weighted by molar-refractivity contribution is -0.167. The highest BCUT2D eigenvalue weighted by atomic mass is 16.6. The Hall–Kier alpha value is -3.93. The Morgan fingerprint density at radius 2 is 0.615 bits per heavy atom. The summed E-state index contributed by atoms with van der Waals surface area (Å²) in [5.74, 6) is -0.992. The third-order valence-electron chi connectivity index (χ3n) is 10.7. The van der Waals surface area contributed by atoms with Crippen molar-refractivity contribution in [1.82, 2.24) is 0 Å². The van der Waals surface area contributed by atoms with Gasteiger partial charge >= 0.3 is 17.9 Å². The van der Waals surface area contributed by atoms with E-state index in [1.165, 1.54) is 64.2 Å². The second-order valence-corrected chi connectivity index (χ2v) is 17.0. The predicted molar refractivity (Wildman–Crippen MR) is 279 cm³/mol. The van der Waals surface area contributed by atoms with Crippen molar-refractivity contribution in [3.63, 3.8) is 0 Å². The monoisotopic (exact) mass is 901 g/mol. The minimum Gasteiger partial charge on any atom is -0.462 e. The first-order valence-electron chi connectivity index (χ1n) is 26.4. The molecule has 0 N–H and O–H groups in total. The van der Waals surface area contributed by atoms with Gasteiger partial charge in [0, 0.05) is 19.3 Å². The molecule has 0 saturated heterocycles. The number of rotatable bonds is 46. The van der Waals surface area contributed by atoms with Gasteiger partial charge in [-0.25, -0.2) is 0 Å². The van der Waals surface area contributed by atoms with Crippen molar-refractivity contribution in [2.45, 2.75) is 232 Å². The summed E-state index contributed by atoms with van der Waals surface area (Å²) in [6.07, 6.45) is 70.7. The highest BCUT2D eigenvalue weighted by molar-refractivity contribution is 5.71. The van der Waals surface area contributed by atoms with Gasteiger partial charge in [-0.3, -0.25) is 14.4 Å². The minimum absolute atomic E-state index is 0.108. The SMILES string of the molecule is CC/C=C\C/C=C\C/C=C\C/C=C\C/C=C\CCCC(=O)OC[C@H](COC(=O)CCCCCCC/C=C\C/C=C\C/C=C\CC)OC(=O)CCCCCCCCC/C=C\CCCCCC. The number of unbranched alkanes of at least 4 members (excludes halogenated alkanes) is 17. The van der Waals surface area contributed by atoms with E-state index in [9.17, 15) is 14.4 Å². The van der Waals surface area contributed by atoms with Gasteiger partial charge in [0.15, 0.2) is 6.10 Å². The third-order valence-corrected chi connectivity index (χ3v) is 10.7. The first-order valence-corrected chi connectivity index (χ1v) is 26.4. The molecule has 0 aromatic rings. The van der Waals surface area contributed by atoms with E-state index < -0.39 is 6.10 Å². The molecule has 0 rings (SSSR count). The van der Waals surface area contributed by atoms with E-state index >= 15 is 0 Å². The van der Waals surface area contributed by atoms with Gasteiger partial charge in [0.1, 0.15) is 13.2 Å². The zero-order valence-electron chi connectivity index (χ0n) is 42.0. The van der Waals surface area contributed by atoms with Crippen LogP contribution in [0.3, 0.4) is 0 Å². The molecule has 65 heavy (non-hydrogen) atoms. The first-order chi connectivity index (χ1) is 32.0. The Labute approximate surface area is 400 Å². The molecule has 0 aromatic heterocycles. The molecule has 0 aliphatic carbocycles. The average Bonchev–Trinajstić information content (AvgIpc) is 3.30. The van der Waals surface area contributed by atoms with Crippen LogP contribution in [0.2, 0.25) is 0 Å². The standard InChI is InChI=1S/C59H96O6/c1-4-7-10-13-16-19-22-25-28-29-32-34-37-40-43-46-49-52-58(61)64-55-56(65-59(62)53-50-47-44-41-38-35-31-27-24-21-18-15-12-9-6-3)54-63-57(60)51-48-45-42-39-36-33-30-26-23-20-17-14-11-8-5-2/h7-8,10-11,16-17,19-21,24-26,28,30,32,34,40,43,56H,4-6,9,12-15,18,22-23,27,29,31,33,35-39,41-42,44-55H2,1-3H3/b10-7-,11-8-,19-16-,20-17-,24-21-,28-25-,30-26-,34-32-,43-40-/t56-/m0/s1. The fourth-order valence-corrected chi connectivity index (χ4v) is 6.84. The van der Waals surface area contributed by atoms with E-state index in [0.29, 0.717) is 19.3 Å². The molecular weight excluding hydrogens is 805 g/mol. The predicted octanol–water partition coefficient (Wildman–Crippen LogP) is 17.5. The smallest absolute Gasteiger partial charge is 0.306 e. The van der Waals surface area contributed by atoms with Crippen molar-refractivity contribution in [2.24, 2.45) is 0 Å². The fraction of sp³-hybridized carbons (Fsp3) is 0.644. The Balaban J connectivity index is 4.52. The van der Waals surface area contributed by atoms with Crippen LogP contribution in [-0.2, 0) is 28.6 Å². The van der Waals surface area contributed by atoms with Crippen LogP contribution in [0.1, 0.15) is 226 Å². The Morgan fingerprint density at radius 1 is 0.323 bits per heavy atom. The minimum atomic E-state index is -0.812. The Kier molecular flexibility index (Phi) is 49.5. The van der Waals surface area contributed by atoms with E-state index in [-0.39, 0.29) is 37.5 Å². The van der Waals surface area contributed by atoms with Gasteiger partial charge in [0.2, 0.25) is 0 Å². The molecule has 1 atom stereocenters. The molecule has 0 amide bonds. The zero-order chi connectivity index (χ0) is 47.2. The van der Waals surface area contributed by atoms with Crippen LogP contribution in [-0.4, -0.2) is 37.2 Å². The molecule has 0 aliphatic heterocycles. The number of allylic oxidation sites excluding steroid dienone is 18. The second-order valence-electron chi connectivity index (χ2n) is 17.0. The lowest BCUT2D eigenvalue weighted by Crippen LogP contribution is -2.30. The quantitative estimate of drug-likeness (QED) is 0.0262. The van der Waals surface area contributed by atoms with E-state index in [2.05, 4.69) is 130 Å². The van der Waals surface area contributed by atoms with Gasteiger partial charge in [-0.2, -0.15) is 0 Å². The molecule has 0 heterocycles. The number of carbonyl (C=O) groups excluding carboxylic acids is 3. The molecule has 0 aliphatic rings. The number of hydrogen-bond donors (Lipinski definition) is 0. The van der Waals surface area contributed by atoms with Crippen LogP contribution in [0, 0.1) is 0 Å². The molecule has 368 valence electrons. The van der Waals surface area contributed by atoms with E-state index in [0.717, 1.165) is 116 Å². The maximum absolute atomic E-state index is 12.8. The van der Waals surface area contributed by atoms with Crippen molar-refractivity contribution < 1.29 is 28.6 Å². The van der Waals surface area contributed by atoms with E-state index in [4.69, 9.17) is 14.2 Å². The number of hydrogen-bond acceptors (Lipinski definition) is 6. The van der Waals surface area contributed by atoms with Crippen LogP contribution in [0.25, 0.3) is 0 Å². The number of ether oxygens (including phenoxy) is 3. The summed E-state index contributed by atoms with van der Waals surface area (Å²) in [4.78, 5) is 38.0. The van der Waals surface area contributed by atoms with Crippen molar-refractivity contribution in [2.75, 3.05) is 13.2 Å². The summed E-state index contributed by atoms with van der Waals surface area (Å²) in [6, 6.07) is 0. The largest absolute Gasteiger partial charge is 0.462 e. The Bertz CT molecular complexity index is 1360.